The van der Waals surface area contributed by atoms with Gasteiger partial charge < -0.3 is 4.42 Å². The second-order valence-electron chi connectivity index (χ2n) is 5.46. The van der Waals surface area contributed by atoms with Gasteiger partial charge in [0.05, 0.1) is 12.8 Å². The van der Waals surface area contributed by atoms with Gasteiger partial charge in [-0.2, -0.15) is 0 Å². The van der Waals surface area contributed by atoms with Crippen molar-refractivity contribution in [1.82, 2.24) is 4.90 Å². The van der Waals surface area contributed by atoms with Crippen molar-refractivity contribution >= 4 is 17.4 Å². The van der Waals surface area contributed by atoms with Gasteiger partial charge in [-0.25, -0.2) is 0 Å². The predicted octanol–water partition coefficient (Wildman–Crippen LogP) is 4.17. The average Bonchev–Trinajstić information content (AvgIpc) is 3.21. The van der Waals surface area contributed by atoms with Crippen LogP contribution in [0.4, 0.5) is 0 Å². The number of Topliss-reactive ketones (excluding diaryl/α,β-unsaturated/α-hetero) is 1. The number of halogens is 1. The molecule has 1 saturated carbocycles. The molecule has 1 fully saturated rings. The lowest BCUT2D eigenvalue weighted by atomic mass is 10.1. The monoisotopic (exact) mass is 303 g/mol. The quantitative estimate of drug-likeness (QED) is 0.720. The number of carbonyl (C=O) groups excluding carboxylic acids is 1. The van der Waals surface area contributed by atoms with Crippen LogP contribution in [-0.4, -0.2) is 23.3 Å². The van der Waals surface area contributed by atoms with Crippen LogP contribution < -0.4 is 0 Å². The molecule has 2 aromatic rings. The van der Waals surface area contributed by atoms with E-state index in [9.17, 15) is 4.79 Å². The molecule has 1 aromatic carbocycles. The largest absolute Gasteiger partial charge is 0.468 e. The molecule has 110 valence electrons. The Morgan fingerprint density at radius 1 is 1.24 bits per heavy atom. The van der Waals surface area contributed by atoms with Crippen molar-refractivity contribution in [2.45, 2.75) is 31.8 Å². The Kier molecular flexibility index (Phi) is 4.42. The lowest BCUT2D eigenvalue weighted by Gasteiger charge is -2.20. The third-order valence-electron chi connectivity index (χ3n) is 3.79. The fraction of sp³-hybridized carbons (Fsp3) is 0.353. The van der Waals surface area contributed by atoms with Crippen LogP contribution in [0.25, 0.3) is 0 Å². The van der Waals surface area contributed by atoms with Gasteiger partial charge in [0.2, 0.25) is 0 Å². The zero-order chi connectivity index (χ0) is 14.7. The van der Waals surface area contributed by atoms with E-state index in [0.717, 1.165) is 24.4 Å². The Hall–Kier alpha value is -1.58. The first kappa shape index (κ1) is 14.4. The molecule has 3 rings (SSSR count). The molecular weight excluding hydrogens is 286 g/mol. The molecule has 21 heavy (non-hydrogen) atoms. The number of hydrogen-bond donors (Lipinski definition) is 0. The van der Waals surface area contributed by atoms with Gasteiger partial charge in [-0.15, -0.1) is 0 Å². The van der Waals surface area contributed by atoms with Gasteiger partial charge in [-0.3, -0.25) is 9.69 Å². The van der Waals surface area contributed by atoms with E-state index in [1.807, 2.05) is 12.1 Å². The van der Waals surface area contributed by atoms with E-state index in [1.165, 1.54) is 12.8 Å². The highest BCUT2D eigenvalue weighted by Crippen LogP contribution is 2.28. The summed E-state index contributed by atoms with van der Waals surface area (Å²) in [5.74, 6) is 1.12. The van der Waals surface area contributed by atoms with Crippen LogP contribution >= 0.6 is 11.6 Å². The number of nitrogens with zero attached hydrogens (tertiary/aromatic N) is 1. The summed E-state index contributed by atoms with van der Waals surface area (Å²) in [5.41, 5.74) is 0.730. The lowest BCUT2D eigenvalue weighted by molar-refractivity contribution is 0.0957. The van der Waals surface area contributed by atoms with Crippen LogP contribution in [0.5, 0.6) is 0 Å². The lowest BCUT2D eigenvalue weighted by Crippen LogP contribution is -2.28. The van der Waals surface area contributed by atoms with Gasteiger partial charge in [0.1, 0.15) is 5.76 Å². The van der Waals surface area contributed by atoms with Crippen molar-refractivity contribution in [3.8, 4) is 0 Å². The number of hydrogen-bond acceptors (Lipinski definition) is 3. The molecule has 0 saturated heterocycles. The van der Waals surface area contributed by atoms with Crippen molar-refractivity contribution in [2.75, 3.05) is 6.54 Å². The van der Waals surface area contributed by atoms with E-state index < -0.39 is 0 Å². The SMILES string of the molecule is O=C(CCN(Cc1ccco1)C1CC1)c1ccc(Cl)cc1. The molecule has 0 atom stereocenters. The van der Waals surface area contributed by atoms with Crippen molar-refractivity contribution < 1.29 is 9.21 Å². The van der Waals surface area contributed by atoms with Gasteiger partial charge in [0.15, 0.2) is 5.78 Å². The van der Waals surface area contributed by atoms with Crippen molar-refractivity contribution in [3.05, 3.63) is 59.0 Å². The Bertz CT molecular complexity index is 588. The summed E-state index contributed by atoms with van der Waals surface area (Å²) in [6.45, 7) is 1.55. The van der Waals surface area contributed by atoms with Gasteiger partial charge in [-0.05, 0) is 49.2 Å². The van der Waals surface area contributed by atoms with Crippen LogP contribution in [-0.2, 0) is 6.54 Å². The summed E-state index contributed by atoms with van der Waals surface area (Å²) >= 11 is 5.84. The Balaban J connectivity index is 1.56. The summed E-state index contributed by atoms with van der Waals surface area (Å²) in [4.78, 5) is 14.6. The fourth-order valence-electron chi connectivity index (χ4n) is 2.46. The Morgan fingerprint density at radius 3 is 2.62 bits per heavy atom. The Labute approximate surface area is 129 Å². The normalized spacial score (nSPS) is 14.6. The number of ketones is 1. The van der Waals surface area contributed by atoms with Crippen LogP contribution in [0.3, 0.4) is 0 Å². The molecule has 0 radical (unpaired) electrons. The molecule has 0 aliphatic heterocycles. The first-order valence-corrected chi connectivity index (χ1v) is 7.65. The molecule has 0 amide bonds. The van der Waals surface area contributed by atoms with Crippen molar-refractivity contribution in [2.24, 2.45) is 0 Å². The highest BCUT2D eigenvalue weighted by atomic mass is 35.5. The van der Waals surface area contributed by atoms with Gasteiger partial charge >= 0.3 is 0 Å². The molecule has 1 aromatic heterocycles. The first-order chi connectivity index (χ1) is 10.2. The number of benzene rings is 1. The van der Waals surface area contributed by atoms with Gasteiger partial charge in [0.25, 0.3) is 0 Å². The van der Waals surface area contributed by atoms with E-state index in [0.29, 0.717) is 17.5 Å². The topological polar surface area (TPSA) is 33.5 Å². The van der Waals surface area contributed by atoms with Crippen molar-refractivity contribution in [1.29, 1.82) is 0 Å². The van der Waals surface area contributed by atoms with E-state index in [2.05, 4.69) is 4.90 Å². The van der Waals surface area contributed by atoms with Crippen LogP contribution in [0.15, 0.2) is 47.1 Å². The smallest absolute Gasteiger partial charge is 0.164 e. The first-order valence-electron chi connectivity index (χ1n) is 7.27. The third kappa shape index (κ3) is 3.96. The van der Waals surface area contributed by atoms with E-state index in [1.54, 1.807) is 30.5 Å². The highest BCUT2D eigenvalue weighted by Gasteiger charge is 2.29. The van der Waals surface area contributed by atoms with E-state index in [4.69, 9.17) is 16.0 Å². The molecule has 4 heteroatoms. The predicted molar refractivity (Wildman–Crippen MR) is 82.5 cm³/mol. The molecule has 1 aliphatic rings. The standard InChI is InChI=1S/C17H18ClNO2/c18-14-5-3-13(4-6-14)17(20)9-10-19(15-7-8-15)12-16-2-1-11-21-16/h1-6,11,15H,7-10,12H2. The minimum absolute atomic E-state index is 0.164. The Morgan fingerprint density at radius 2 is 2.00 bits per heavy atom. The summed E-state index contributed by atoms with van der Waals surface area (Å²) in [6, 6.07) is 11.6. The molecular formula is C17H18ClNO2. The van der Waals surface area contributed by atoms with Crippen LogP contribution in [0.1, 0.15) is 35.4 Å². The maximum absolute atomic E-state index is 12.2. The fourth-order valence-corrected chi connectivity index (χ4v) is 2.58. The van der Waals surface area contributed by atoms with Crippen LogP contribution in [0, 0.1) is 0 Å². The second-order valence-corrected chi connectivity index (χ2v) is 5.90. The zero-order valence-corrected chi connectivity index (χ0v) is 12.6. The summed E-state index contributed by atoms with van der Waals surface area (Å²) < 4.78 is 5.41. The molecule has 1 heterocycles. The summed E-state index contributed by atoms with van der Waals surface area (Å²) in [7, 11) is 0. The average molecular weight is 304 g/mol. The highest BCUT2D eigenvalue weighted by molar-refractivity contribution is 6.30. The maximum atomic E-state index is 12.2. The molecule has 0 bridgehead atoms. The number of furan rings is 1. The number of rotatable bonds is 7. The minimum atomic E-state index is 0.164. The molecule has 0 N–H and O–H groups in total. The zero-order valence-electron chi connectivity index (χ0n) is 11.8. The third-order valence-corrected chi connectivity index (χ3v) is 4.05. The molecule has 3 nitrogen and oxygen atoms in total. The molecule has 0 spiro atoms. The van der Waals surface area contributed by atoms with Crippen molar-refractivity contribution in [3.63, 3.8) is 0 Å². The molecule has 1 aliphatic carbocycles. The molecule has 0 unspecified atom stereocenters. The summed E-state index contributed by atoms with van der Waals surface area (Å²) in [6.07, 6.45) is 4.66. The maximum Gasteiger partial charge on any atom is 0.164 e. The van der Waals surface area contributed by atoms with E-state index in [-0.39, 0.29) is 5.78 Å². The van der Waals surface area contributed by atoms with Gasteiger partial charge in [-0.1, -0.05) is 11.6 Å². The number of carbonyl (C=O) groups is 1. The van der Waals surface area contributed by atoms with Crippen LogP contribution in [0.2, 0.25) is 5.02 Å². The van der Waals surface area contributed by atoms with Gasteiger partial charge in [0, 0.05) is 29.6 Å². The summed E-state index contributed by atoms with van der Waals surface area (Å²) in [5, 5.41) is 0.656. The van der Waals surface area contributed by atoms with E-state index >= 15 is 0 Å². The second kappa shape index (κ2) is 6.46. The minimum Gasteiger partial charge on any atom is -0.468 e.